The lowest BCUT2D eigenvalue weighted by molar-refractivity contribution is 0.244. The van der Waals surface area contributed by atoms with Gasteiger partial charge in [-0.25, -0.2) is 0 Å². The second kappa shape index (κ2) is 4.45. The first kappa shape index (κ1) is 10.2. The van der Waals surface area contributed by atoms with E-state index in [1.54, 1.807) is 4.88 Å². The van der Waals surface area contributed by atoms with E-state index in [4.69, 9.17) is 0 Å². The zero-order chi connectivity index (χ0) is 9.97. The molecule has 14 heavy (non-hydrogen) atoms. The van der Waals surface area contributed by atoms with Gasteiger partial charge >= 0.3 is 0 Å². The zero-order valence-electron chi connectivity index (χ0n) is 8.99. The molecule has 78 valence electrons. The first-order valence-electron chi connectivity index (χ1n) is 5.54. The summed E-state index contributed by atoms with van der Waals surface area (Å²) < 4.78 is 0. The topological polar surface area (TPSA) is 12.0 Å². The Morgan fingerprint density at radius 3 is 2.86 bits per heavy atom. The van der Waals surface area contributed by atoms with Crippen molar-refractivity contribution in [1.29, 1.82) is 0 Å². The minimum Gasteiger partial charge on any atom is -0.314 e. The Balaban J connectivity index is 1.84. The fourth-order valence-electron chi connectivity index (χ4n) is 2.08. The average Bonchev–Trinajstić information content (AvgIpc) is 2.54. The molecule has 0 amide bonds. The molecule has 1 N–H and O–H groups in total. The van der Waals surface area contributed by atoms with Crippen LogP contribution in [0.25, 0.3) is 0 Å². The molecule has 1 aromatic rings. The van der Waals surface area contributed by atoms with Gasteiger partial charge in [0, 0.05) is 10.9 Å². The molecule has 0 aromatic carbocycles. The van der Waals surface area contributed by atoms with E-state index in [1.165, 1.54) is 19.4 Å². The highest BCUT2D eigenvalue weighted by Gasteiger charge is 2.32. The lowest BCUT2D eigenvalue weighted by Crippen LogP contribution is -2.36. The van der Waals surface area contributed by atoms with Crippen LogP contribution in [0.2, 0.25) is 0 Å². The predicted molar refractivity (Wildman–Crippen MR) is 62.9 cm³/mol. The highest BCUT2D eigenvalue weighted by Crippen LogP contribution is 2.43. The van der Waals surface area contributed by atoms with Crippen LogP contribution < -0.4 is 5.32 Å². The van der Waals surface area contributed by atoms with Gasteiger partial charge in [0.1, 0.15) is 0 Å². The molecular weight excluding hydrogens is 190 g/mol. The molecule has 0 bridgehead atoms. The first-order chi connectivity index (χ1) is 6.77. The summed E-state index contributed by atoms with van der Waals surface area (Å²) >= 11 is 1.92. The smallest absolute Gasteiger partial charge is 0.00794 e. The van der Waals surface area contributed by atoms with Crippen LogP contribution in [0.5, 0.6) is 0 Å². The van der Waals surface area contributed by atoms with E-state index in [0.29, 0.717) is 6.04 Å². The van der Waals surface area contributed by atoms with Crippen LogP contribution in [-0.4, -0.2) is 12.6 Å². The second-order valence-electron chi connectivity index (χ2n) is 4.52. The quantitative estimate of drug-likeness (QED) is 0.802. The van der Waals surface area contributed by atoms with Gasteiger partial charge in [-0.1, -0.05) is 19.9 Å². The summed E-state index contributed by atoms with van der Waals surface area (Å²) in [5, 5.41) is 5.74. The minimum atomic E-state index is 0.625. The fourth-order valence-corrected chi connectivity index (χ4v) is 3.03. The normalized spacial score (nSPS) is 26.5. The highest BCUT2D eigenvalue weighted by molar-refractivity contribution is 7.10. The van der Waals surface area contributed by atoms with Crippen molar-refractivity contribution in [2.45, 2.75) is 38.6 Å². The molecule has 0 spiro atoms. The molecule has 1 aliphatic rings. The molecule has 2 rings (SSSR count). The molecule has 1 heterocycles. The number of hydrogen-bond donors (Lipinski definition) is 1. The van der Waals surface area contributed by atoms with E-state index in [2.05, 4.69) is 36.7 Å². The molecular formula is C12H19NS. The molecule has 0 saturated heterocycles. The maximum Gasteiger partial charge on any atom is 0.00794 e. The molecule has 2 heteroatoms. The van der Waals surface area contributed by atoms with Crippen molar-refractivity contribution in [1.82, 2.24) is 5.32 Å². The van der Waals surface area contributed by atoms with Crippen LogP contribution in [0.4, 0.5) is 0 Å². The lowest BCUT2D eigenvalue weighted by atomic mass is 9.73. The summed E-state index contributed by atoms with van der Waals surface area (Å²) in [7, 11) is 0. The first-order valence-corrected chi connectivity index (χ1v) is 6.42. The van der Waals surface area contributed by atoms with Gasteiger partial charge in [0.25, 0.3) is 0 Å². The van der Waals surface area contributed by atoms with E-state index in [0.717, 1.165) is 11.8 Å². The van der Waals surface area contributed by atoms with E-state index in [-0.39, 0.29) is 0 Å². The summed E-state index contributed by atoms with van der Waals surface area (Å²) in [4.78, 5) is 1.59. The Morgan fingerprint density at radius 2 is 2.36 bits per heavy atom. The average molecular weight is 209 g/mol. The molecule has 1 aliphatic carbocycles. The van der Waals surface area contributed by atoms with Crippen molar-refractivity contribution in [2.75, 3.05) is 6.54 Å². The van der Waals surface area contributed by atoms with Crippen molar-refractivity contribution in [3.8, 4) is 0 Å². The SMILES string of the molecule is CC(C)NCC1CCC1c1cccs1. The third-order valence-electron chi connectivity index (χ3n) is 3.11. The Bertz CT molecular complexity index is 266. The van der Waals surface area contributed by atoms with E-state index in [9.17, 15) is 0 Å². The van der Waals surface area contributed by atoms with Crippen molar-refractivity contribution in [3.63, 3.8) is 0 Å². The molecule has 2 unspecified atom stereocenters. The van der Waals surface area contributed by atoms with Crippen LogP contribution in [0.1, 0.15) is 37.5 Å². The second-order valence-corrected chi connectivity index (χ2v) is 5.50. The highest BCUT2D eigenvalue weighted by atomic mass is 32.1. The van der Waals surface area contributed by atoms with Gasteiger partial charge in [0.15, 0.2) is 0 Å². The lowest BCUT2D eigenvalue weighted by Gasteiger charge is -2.36. The number of hydrogen-bond acceptors (Lipinski definition) is 2. The van der Waals surface area contributed by atoms with E-state index < -0.39 is 0 Å². The largest absolute Gasteiger partial charge is 0.314 e. The number of rotatable bonds is 4. The standard InChI is InChI=1S/C12H19NS/c1-9(2)13-8-10-5-6-11(10)12-4-3-7-14-12/h3-4,7,9-11,13H,5-6,8H2,1-2H3. The van der Waals surface area contributed by atoms with E-state index in [1.807, 2.05) is 11.3 Å². The summed E-state index contributed by atoms with van der Waals surface area (Å²) in [5.41, 5.74) is 0. The van der Waals surface area contributed by atoms with Gasteiger partial charge in [-0.2, -0.15) is 0 Å². The number of nitrogens with one attached hydrogen (secondary N) is 1. The maximum absolute atomic E-state index is 3.54. The van der Waals surface area contributed by atoms with Gasteiger partial charge in [0.05, 0.1) is 0 Å². The predicted octanol–water partition coefficient (Wildman–Crippen LogP) is 3.24. The van der Waals surface area contributed by atoms with Crippen LogP contribution in [0, 0.1) is 5.92 Å². The van der Waals surface area contributed by atoms with Crippen LogP contribution in [-0.2, 0) is 0 Å². The number of thiophene rings is 1. The monoisotopic (exact) mass is 209 g/mol. The molecule has 2 atom stereocenters. The summed E-state index contributed by atoms with van der Waals surface area (Å²) in [6.45, 7) is 5.64. The van der Waals surface area contributed by atoms with Gasteiger partial charge in [-0.3, -0.25) is 0 Å². The van der Waals surface area contributed by atoms with Crippen molar-refractivity contribution in [3.05, 3.63) is 22.4 Å². The maximum atomic E-state index is 3.54. The Labute approximate surface area is 90.5 Å². The summed E-state index contributed by atoms with van der Waals surface area (Å²) in [5.74, 6) is 1.73. The van der Waals surface area contributed by atoms with Crippen LogP contribution >= 0.6 is 11.3 Å². The van der Waals surface area contributed by atoms with Gasteiger partial charge in [0.2, 0.25) is 0 Å². The summed E-state index contributed by atoms with van der Waals surface area (Å²) in [6, 6.07) is 5.09. The zero-order valence-corrected chi connectivity index (χ0v) is 9.81. The van der Waals surface area contributed by atoms with E-state index >= 15 is 0 Å². The molecule has 0 radical (unpaired) electrons. The van der Waals surface area contributed by atoms with Crippen LogP contribution in [0.3, 0.4) is 0 Å². The van der Waals surface area contributed by atoms with Crippen molar-refractivity contribution < 1.29 is 0 Å². The van der Waals surface area contributed by atoms with Crippen molar-refractivity contribution in [2.24, 2.45) is 5.92 Å². The van der Waals surface area contributed by atoms with Gasteiger partial charge in [-0.05, 0) is 42.7 Å². The van der Waals surface area contributed by atoms with Crippen LogP contribution in [0.15, 0.2) is 17.5 Å². The Hall–Kier alpha value is -0.340. The molecule has 1 fully saturated rings. The van der Waals surface area contributed by atoms with Crippen molar-refractivity contribution >= 4 is 11.3 Å². The third-order valence-corrected chi connectivity index (χ3v) is 4.12. The molecule has 0 aliphatic heterocycles. The molecule has 1 aromatic heterocycles. The van der Waals surface area contributed by atoms with Gasteiger partial charge < -0.3 is 5.32 Å². The third kappa shape index (κ3) is 2.18. The minimum absolute atomic E-state index is 0.625. The molecule has 1 saturated carbocycles. The summed E-state index contributed by atoms with van der Waals surface area (Å²) in [6.07, 6.45) is 2.80. The molecule has 1 nitrogen and oxygen atoms in total. The Kier molecular flexibility index (Phi) is 3.24. The fraction of sp³-hybridized carbons (Fsp3) is 0.667. The Morgan fingerprint density at radius 1 is 1.50 bits per heavy atom. The van der Waals surface area contributed by atoms with Gasteiger partial charge in [-0.15, -0.1) is 11.3 Å².